The van der Waals surface area contributed by atoms with Crippen LogP contribution in [0.25, 0.3) is 0 Å². The van der Waals surface area contributed by atoms with Crippen LogP contribution in [0.4, 0.5) is 17.1 Å². The number of hydrogen-bond acceptors (Lipinski definition) is 7. The number of hydrogen-bond donors (Lipinski definition) is 1. The van der Waals surface area contributed by atoms with E-state index in [2.05, 4.69) is 24.1 Å². The average Bonchev–Trinajstić information content (AvgIpc) is 3.29. The molecule has 0 bridgehead atoms. The Labute approximate surface area is 249 Å². The Morgan fingerprint density at radius 3 is 2.07 bits per heavy atom. The van der Waals surface area contributed by atoms with Crippen molar-refractivity contribution in [3.63, 3.8) is 0 Å². The number of carbonyl (C=O) groups is 1. The summed E-state index contributed by atoms with van der Waals surface area (Å²) in [6.45, 7) is 11.5. The largest absolute Gasteiger partial charge is 0.490 e. The van der Waals surface area contributed by atoms with Gasteiger partial charge < -0.3 is 19.7 Å². The van der Waals surface area contributed by atoms with E-state index in [4.69, 9.17) is 14.5 Å². The van der Waals surface area contributed by atoms with E-state index in [1.165, 1.54) is 10.6 Å². The number of sulfonamides is 1. The number of nitrogens with one attached hydrogen (secondary N) is 1. The first kappa shape index (κ1) is 31.1. The number of nitrogens with zero attached hydrogens (tertiary/aromatic N) is 3. The standard InChI is InChI=1S/C32H40N4O5S/c1-6-35(7-2)19-20-36(42(5,38)39)25-17-15-24(16-18-25)33-31(23-13-11-10-12-14-23)30-26-21-28(40-8-3)29(41-9-4)22-27(26)34-32(30)37/h10-18,21-22,30H,6-9,19-20H2,1-5H3,(H,34,37). The topological polar surface area (TPSA) is 101 Å². The van der Waals surface area contributed by atoms with Crippen molar-refractivity contribution in [2.45, 2.75) is 33.6 Å². The molecule has 42 heavy (non-hydrogen) atoms. The van der Waals surface area contributed by atoms with Crippen molar-refractivity contribution in [2.24, 2.45) is 4.99 Å². The first-order valence-electron chi connectivity index (χ1n) is 14.4. The van der Waals surface area contributed by atoms with Crippen molar-refractivity contribution in [2.75, 3.05) is 55.3 Å². The summed E-state index contributed by atoms with van der Waals surface area (Å²) in [7, 11) is -3.48. The van der Waals surface area contributed by atoms with Gasteiger partial charge in [-0.05, 0) is 68.4 Å². The number of fused-ring (bicyclic) bond motifs is 1. The molecular formula is C32H40N4O5S. The number of aliphatic imine (C=N–C) groups is 1. The number of amides is 1. The smallest absolute Gasteiger partial charge is 0.238 e. The van der Waals surface area contributed by atoms with Gasteiger partial charge in [0.1, 0.15) is 5.92 Å². The Morgan fingerprint density at radius 2 is 1.50 bits per heavy atom. The number of anilines is 2. The molecule has 3 aromatic carbocycles. The third kappa shape index (κ3) is 7.11. The van der Waals surface area contributed by atoms with E-state index in [0.29, 0.717) is 60.6 Å². The zero-order chi connectivity index (χ0) is 30.3. The predicted molar refractivity (Wildman–Crippen MR) is 169 cm³/mol. The maximum atomic E-state index is 13.5. The minimum absolute atomic E-state index is 0.194. The van der Waals surface area contributed by atoms with Crippen LogP contribution in [0.3, 0.4) is 0 Å². The number of likely N-dealkylation sites (N-methyl/N-ethyl adjacent to an activating group) is 1. The zero-order valence-corrected chi connectivity index (χ0v) is 25.8. The maximum absolute atomic E-state index is 13.5. The van der Waals surface area contributed by atoms with Gasteiger partial charge in [0, 0.05) is 24.8 Å². The molecule has 9 nitrogen and oxygen atoms in total. The molecule has 0 aliphatic carbocycles. The van der Waals surface area contributed by atoms with Crippen molar-refractivity contribution in [3.8, 4) is 11.5 Å². The molecule has 1 atom stereocenters. The summed E-state index contributed by atoms with van der Waals surface area (Å²) < 4.78 is 38.3. The first-order valence-corrected chi connectivity index (χ1v) is 16.2. The molecular weight excluding hydrogens is 552 g/mol. The van der Waals surface area contributed by atoms with Crippen molar-refractivity contribution in [1.82, 2.24) is 4.90 Å². The van der Waals surface area contributed by atoms with Crippen LogP contribution in [0.15, 0.2) is 71.7 Å². The van der Waals surface area contributed by atoms with E-state index in [9.17, 15) is 13.2 Å². The molecule has 1 aliphatic rings. The van der Waals surface area contributed by atoms with Crippen LogP contribution in [-0.2, 0) is 14.8 Å². The summed E-state index contributed by atoms with van der Waals surface area (Å²) in [5.41, 5.74) is 3.97. The fourth-order valence-electron chi connectivity index (χ4n) is 5.07. The van der Waals surface area contributed by atoms with Gasteiger partial charge in [0.15, 0.2) is 11.5 Å². The molecule has 1 aliphatic heterocycles. The molecule has 0 saturated heterocycles. The lowest BCUT2D eigenvalue weighted by atomic mass is 9.90. The lowest BCUT2D eigenvalue weighted by Gasteiger charge is -2.26. The van der Waals surface area contributed by atoms with Crippen molar-refractivity contribution in [1.29, 1.82) is 0 Å². The van der Waals surface area contributed by atoms with Crippen LogP contribution >= 0.6 is 0 Å². The van der Waals surface area contributed by atoms with E-state index in [-0.39, 0.29) is 5.91 Å². The molecule has 1 unspecified atom stereocenters. The van der Waals surface area contributed by atoms with Crippen LogP contribution in [0.2, 0.25) is 0 Å². The molecule has 4 rings (SSSR count). The number of ether oxygens (including phenoxy) is 2. The highest BCUT2D eigenvalue weighted by atomic mass is 32.2. The monoisotopic (exact) mass is 592 g/mol. The Kier molecular flexibility index (Phi) is 10.2. The molecule has 0 saturated carbocycles. The van der Waals surface area contributed by atoms with Gasteiger partial charge in [-0.15, -0.1) is 0 Å². The number of carbonyl (C=O) groups excluding carboxylic acids is 1. The summed E-state index contributed by atoms with van der Waals surface area (Å²) in [5.74, 6) is 0.268. The third-order valence-electron chi connectivity index (χ3n) is 7.19. The molecule has 0 spiro atoms. The lowest BCUT2D eigenvalue weighted by molar-refractivity contribution is -0.115. The Morgan fingerprint density at radius 1 is 0.881 bits per heavy atom. The SMILES string of the molecule is CCOc1cc2c(cc1OCC)C(C(=Nc1ccc(N(CCN(CC)CC)S(C)(=O)=O)cc1)c1ccccc1)C(=O)N2. The third-order valence-corrected chi connectivity index (χ3v) is 8.38. The minimum atomic E-state index is -3.48. The summed E-state index contributed by atoms with van der Waals surface area (Å²) in [6.07, 6.45) is 1.22. The van der Waals surface area contributed by atoms with Gasteiger partial charge in [-0.2, -0.15) is 0 Å². The summed E-state index contributed by atoms with van der Waals surface area (Å²) in [4.78, 5) is 20.6. The normalized spacial score (nSPS) is 15.0. The van der Waals surface area contributed by atoms with Crippen molar-refractivity contribution in [3.05, 3.63) is 77.9 Å². The van der Waals surface area contributed by atoms with Crippen molar-refractivity contribution >= 4 is 38.7 Å². The van der Waals surface area contributed by atoms with E-state index < -0.39 is 15.9 Å². The molecule has 1 N–H and O–H groups in total. The van der Waals surface area contributed by atoms with Crippen LogP contribution in [0, 0.1) is 0 Å². The highest BCUT2D eigenvalue weighted by Gasteiger charge is 2.37. The van der Waals surface area contributed by atoms with E-state index in [1.54, 1.807) is 30.3 Å². The van der Waals surface area contributed by atoms with E-state index >= 15 is 0 Å². The molecule has 0 radical (unpaired) electrons. The van der Waals surface area contributed by atoms with Gasteiger partial charge in [-0.3, -0.25) is 14.1 Å². The second kappa shape index (κ2) is 13.8. The summed E-state index contributed by atoms with van der Waals surface area (Å²) in [5, 5.41) is 2.99. The number of rotatable bonds is 14. The zero-order valence-electron chi connectivity index (χ0n) is 25.0. The van der Waals surface area contributed by atoms with Crippen molar-refractivity contribution < 1.29 is 22.7 Å². The van der Waals surface area contributed by atoms with Gasteiger partial charge in [0.25, 0.3) is 0 Å². The van der Waals surface area contributed by atoms with Gasteiger partial charge in [-0.1, -0.05) is 44.2 Å². The fraction of sp³-hybridized carbons (Fsp3) is 0.375. The Bertz CT molecular complexity index is 1500. The second-order valence-corrected chi connectivity index (χ2v) is 11.8. The molecule has 0 aromatic heterocycles. The molecule has 3 aromatic rings. The highest BCUT2D eigenvalue weighted by Crippen LogP contribution is 2.43. The van der Waals surface area contributed by atoms with Crippen LogP contribution < -0.4 is 19.1 Å². The number of benzene rings is 3. The van der Waals surface area contributed by atoms with Crippen LogP contribution in [-0.4, -0.2) is 70.6 Å². The Hall–Kier alpha value is -3.89. The summed E-state index contributed by atoms with van der Waals surface area (Å²) in [6, 6.07) is 20.3. The minimum Gasteiger partial charge on any atom is -0.490 e. The van der Waals surface area contributed by atoms with E-state index in [1.807, 2.05) is 50.2 Å². The fourth-order valence-corrected chi connectivity index (χ4v) is 5.99. The molecule has 224 valence electrons. The highest BCUT2D eigenvalue weighted by molar-refractivity contribution is 7.92. The van der Waals surface area contributed by atoms with Gasteiger partial charge >= 0.3 is 0 Å². The molecule has 1 heterocycles. The molecule has 0 fully saturated rings. The van der Waals surface area contributed by atoms with Gasteiger partial charge in [-0.25, -0.2) is 8.42 Å². The first-order chi connectivity index (χ1) is 20.2. The Balaban J connectivity index is 1.74. The summed E-state index contributed by atoms with van der Waals surface area (Å²) >= 11 is 0. The molecule has 1 amide bonds. The predicted octanol–water partition coefficient (Wildman–Crippen LogP) is 5.45. The van der Waals surface area contributed by atoms with Crippen LogP contribution in [0.5, 0.6) is 11.5 Å². The van der Waals surface area contributed by atoms with Gasteiger partial charge in [0.2, 0.25) is 15.9 Å². The quantitative estimate of drug-likeness (QED) is 0.250. The molecule has 10 heteroatoms. The average molecular weight is 593 g/mol. The lowest BCUT2D eigenvalue weighted by Crippen LogP contribution is -2.38. The van der Waals surface area contributed by atoms with Gasteiger partial charge in [0.05, 0.1) is 36.6 Å². The van der Waals surface area contributed by atoms with Crippen LogP contribution in [0.1, 0.15) is 44.7 Å². The van der Waals surface area contributed by atoms with E-state index in [0.717, 1.165) is 24.2 Å². The second-order valence-electron chi connectivity index (χ2n) is 9.92. The maximum Gasteiger partial charge on any atom is 0.238 e.